The quantitative estimate of drug-likeness (QED) is 0.448. The molecule has 24 heavy (non-hydrogen) atoms. The standard InChI is InChI=1S/C18H30O4S2/c1-6-23-15-8-9-18(10-11-21-5,22-16(19)13(3)4)12-14(15)17(20)24-7-2/h14-15H,3,6-12H2,1-2,4-5H3. The minimum absolute atomic E-state index is 0.0802. The van der Waals surface area contributed by atoms with Gasteiger partial charge in [-0.1, -0.05) is 32.2 Å². The lowest BCUT2D eigenvalue weighted by Gasteiger charge is -2.43. The number of thioether (sulfide) groups is 2. The van der Waals surface area contributed by atoms with Gasteiger partial charge in [0.25, 0.3) is 0 Å². The van der Waals surface area contributed by atoms with E-state index in [2.05, 4.69) is 13.5 Å². The maximum atomic E-state index is 12.6. The molecule has 1 aliphatic carbocycles. The molecule has 0 aliphatic heterocycles. The fourth-order valence-electron chi connectivity index (χ4n) is 3.08. The molecular formula is C18H30O4S2. The van der Waals surface area contributed by atoms with Crippen molar-refractivity contribution >= 4 is 34.6 Å². The molecule has 0 aromatic heterocycles. The van der Waals surface area contributed by atoms with Gasteiger partial charge in [0, 0.05) is 36.9 Å². The van der Waals surface area contributed by atoms with Gasteiger partial charge in [0.05, 0.1) is 0 Å². The van der Waals surface area contributed by atoms with Crippen molar-refractivity contribution in [2.45, 2.75) is 57.3 Å². The second kappa shape index (κ2) is 10.5. The van der Waals surface area contributed by atoms with E-state index in [0.717, 1.165) is 24.3 Å². The van der Waals surface area contributed by atoms with Crippen LogP contribution in [0.25, 0.3) is 0 Å². The third-order valence-electron chi connectivity index (χ3n) is 4.31. The fraction of sp³-hybridized carbons (Fsp3) is 0.778. The Morgan fingerprint density at radius 2 is 2.00 bits per heavy atom. The van der Waals surface area contributed by atoms with Gasteiger partial charge in [-0.2, -0.15) is 11.8 Å². The summed E-state index contributed by atoms with van der Waals surface area (Å²) in [5, 5.41) is 0.525. The summed E-state index contributed by atoms with van der Waals surface area (Å²) in [5.41, 5.74) is -0.228. The minimum atomic E-state index is -0.620. The minimum Gasteiger partial charge on any atom is -0.456 e. The Hall–Kier alpha value is -0.460. The van der Waals surface area contributed by atoms with Crippen molar-refractivity contribution in [2.75, 3.05) is 25.2 Å². The summed E-state index contributed by atoms with van der Waals surface area (Å²) in [6, 6.07) is 0. The molecule has 3 atom stereocenters. The highest BCUT2D eigenvalue weighted by molar-refractivity contribution is 8.13. The van der Waals surface area contributed by atoms with Gasteiger partial charge in [0.2, 0.25) is 0 Å². The van der Waals surface area contributed by atoms with Crippen molar-refractivity contribution in [3.05, 3.63) is 12.2 Å². The average molecular weight is 375 g/mol. The molecule has 1 rings (SSSR count). The van der Waals surface area contributed by atoms with E-state index in [1.54, 1.807) is 14.0 Å². The lowest BCUT2D eigenvalue weighted by atomic mass is 9.76. The summed E-state index contributed by atoms with van der Waals surface area (Å²) in [6.45, 7) is 9.95. The molecule has 6 heteroatoms. The molecule has 0 aromatic carbocycles. The molecular weight excluding hydrogens is 344 g/mol. The Morgan fingerprint density at radius 3 is 2.54 bits per heavy atom. The molecule has 1 saturated carbocycles. The van der Waals surface area contributed by atoms with E-state index in [1.807, 2.05) is 18.7 Å². The van der Waals surface area contributed by atoms with Crippen LogP contribution in [0, 0.1) is 5.92 Å². The maximum absolute atomic E-state index is 12.6. The predicted molar refractivity (Wildman–Crippen MR) is 103 cm³/mol. The fourth-order valence-corrected chi connectivity index (χ4v) is 5.08. The lowest BCUT2D eigenvalue weighted by molar-refractivity contribution is -0.163. The van der Waals surface area contributed by atoms with Crippen molar-refractivity contribution < 1.29 is 19.1 Å². The first kappa shape index (κ1) is 21.6. The monoisotopic (exact) mass is 374 g/mol. The van der Waals surface area contributed by atoms with E-state index in [-0.39, 0.29) is 17.0 Å². The zero-order valence-corrected chi connectivity index (χ0v) is 16.9. The van der Waals surface area contributed by atoms with Crippen LogP contribution in [0.4, 0.5) is 0 Å². The van der Waals surface area contributed by atoms with Crippen molar-refractivity contribution in [3.8, 4) is 0 Å². The summed E-state index contributed by atoms with van der Waals surface area (Å²) in [6.07, 6.45) is 2.85. The molecule has 1 aliphatic rings. The largest absolute Gasteiger partial charge is 0.456 e. The number of carbonyl (C=O) groups excluding carboxylic acids is 2. The van der Waals surface area contributed by atoms with Crippen LogP contribution in [0.5, 0.6) is 0 Å². The number of hydrogen-bond donors (Lipinski definition) is 0. The highest BCUT2D eigenvalue weighted by atomic mass is 32.2. The molecule has 138 valence electrons. The van der Waals surface area contributed by atoms with E-state index in [1.165, 1.54) is 11.8 Å². The molecule has 0 heterocycles. The second-order valence-electron chi connectivity index (χ2n) is 6.19. The van der Waals surface area contributed by atoms with Crippen LogP contribution in [0.2, 0.25) is 0 Å². The summed E-state index contributed by atoms with van der Waals surface area (Å²) in [7, 11) is 1.64. The summed E-state index contributed by atoms with van der Waals surface area (Å²) in [4.78, 5) is 24.8. The molecule has 3 unspecified atom stereocenters. The topological polar surface area (TPSA) is 52.6 Å². The molecule has 0 saturated heterocycles. The Labute approximate surface area is 154 Å². The predicted octanol–water partition coefficient (Wildman–Crippen LogP) is 4.08. The normalized spacial score (nSPS) is 26.8. The van der Waals surface area contributed by atoms with Crippen LogP contribution in [-0.2, 0) is 19.1 Å². The van der Waals surface area contributed by atoms with Crippen molar-refractivity contribution in [1.29, 1.82) is 0 Å². The van der Waals surface area contributed by atoms with Crippen LogP contribution in [-0.4, -0.2) is 47.2 Å². The molecule has 0 N–H and O–H groups in total. The molecule has 4 nitrogen and oxygen atoms in total. The van der Waals surface area contributed by atoms with E-state index in [4.69, 9.17) is 9.47 Å². The first-order valence-corrected chi connectivity index (χ1v) is 10.6. The molecule has 0 radical (unpaired) electrons. The third kappa shape index (κ3) is 6.12. The zero-order chi connectivity index (χ0) is 18.2. The second-order valence-corrected chi connectivity index (χ2v) is 8.98. The van der Waals surface area contributed by atoms with E-state index < -0.39 is 5.60 Å². The van der Waals surface area contributed by atoms with Crippen molar-refractivity contribution in [3.63, 3.8) is 0 Å². The van der Waals surface area contributed by atoms with Gasteiger partial charge in [-0.05, 0) is 37.7 Å². The summed E-state index contributed by atoms with van der Waals surface area (Å²) < 4.78 is 11.1. The van der Waals surface area contributed by atoms with Gasteiger partial charge in [-0.15, -0.1) is 0 Å². The van der Waals surface area contributed by atoms with E-state index in [9.17, 15) is 9.59 Å². The molecule has 1 fully saturated rings. The van der Waals surface area contributed by atoms with Gasteiger partial charge in [-0.3, -0.25) is 4.79 Å². The van der Waals surface area contributed by atoms with Crippen LogP contribution in [0.1, 0.15) is 46.5 Å². The number of rotatable bonds is 9. The average Bonchev–Trinajstić information content (AvgIpc) is 2.55. The molecule has 0 amide bonds. The Bertz CT molecular complexity index is 452. The molecule has 0 aromatic rings. The number of ether oxygens (including phenoxy) is 2. The Kier molecular flexibility index (Phi) is 9.45. The van der Waals surface area contributed by atoms with Crippen LogP contribution < -0.4 is 0 Å². The lowest BCUT2D eigenvalue weighted by Crippen LogP contribution is -2.46. The van der Waals surface area contributed by atoms with Crippen molar-refractivity contribution in [1.82, 2.24) is 0 Å². The smallest absolute Gasteiger partial charge is 0.333 e. The van der Waals surface area contributed by atoms with Crippen LogP contribution >= 0.6 is 23.5 Å². The van der Waals surface area contributed by atoms with Gasteiger partial charge in [0.15, 0.2) is 5.12 Å². The first-order chi connectivity index (χ1) is 11.4. The maximum Gasteiger partial charge on any atom is 0.333 e. The van der Waals surface area contributed by atoms with Gasteiger partial charge in [0.1, 0.15) is 5.60 Å². The highest BCUT2D eigenvalue weighted by Crippen LogP contribution is 2.44. The summed E-state index contributed by atoms with van der Waals surface area (Å²) >= 11 is 3.22. The molecule has 0 bridgehead atoms. The van der Waals surface area contributed by atoms with Crippen LogP contribution in [0.15, 0.2) is 12.2 Å². The van der Waals surface area contributed by atoms with Crippen molar-refractivity contribution in [2.24, 2.45) is 5.92 Å². The number of methoxy groups -OCH3 is 1. The third-order valence-corrected chi connectivity index (χ3v) is 6.52. The molecule has 0 spiro atoms. The number of hydrogen-bond acceptors (Lipinski definition) is 6. The Morgan fingerprint density at radius 1 is 1.29 bits per heavy atom. The van der Waals surface area contributed by atoms with Gasteiger partial charge >= 0.3 is 5.97 Å². The van der Waals surface area contributed by atoms with Gasteiger partial charge in [-0.25, -0.2) is 4.79 Å². The van der Waals surface area contributed by atoms with Gasteiger partial charge < -0.3 is 9.47 Å². The number of esters is 1. The zero-order valence-electron chi connectivity index (χ0n) is 15.3. The Balaban J connectivity index is 2.99. The SMILES string of the molecule is C=C(C)C(=O)OC1(CCOC)CCC(SCC)C(C(=O)SCC)C1. The van der Waals surface area contributed by atoms with Crippen LogP contribution in [0.3, 0.4) is 0 Å². The van der Waals surface area contributed by atoms with E-state index in [0.29, 0.717) is 30.3 Å². The first-order valence-electron chi connectivity index (χ1n) is 8.55. The number of carbonyl (C=O) groups is 2. The highest BCUT2D eigenvalue weighted by Gasteiger charge is 2.46. The van der Waals surface area contributed by atoms with E-state index >= 15 is 0 Å². The summed E-state index contributed by atoms with van der Waals surface area (Å²) in [5.74, 6) is 1.31.